The number of alkyl halides is 2. The first kappa shape index (κ1) is 24.9. The Kier molecular flexibility index (Phi) is 5.92. The fraction of sp³-hybridized carbons (Fsp3) is 0.379. The highest BCUT2D eigenvalue weighted by atomic mass is 19.3. The highest BCUT2D eigenvalue weighted by molar-refractivity contribution is 5.72. The second kappa shape index (κ2) is 9.51. The second-order valence-electron chi connectivity index (χ2n) is 10.9. The molecule has 3 aliphatic rings. The summed E-state index contributed by atoms with van der Waals surface area (Å²) in [4.78, 5) is 27.6. The number of benzene rings is 1. The number of fused-ring (bicyclic) bond motifs is 5. The van der Waals surface area contributed by atoms with Crippen molar-refractivity contribution in [3.05, 3.63) is 71.9 Å². The van der Waals surface area contributed by atoms with E-state index >= 15 is 0 Å². The quantitative estimate of drug-likeness (QED) is 0.363. The predicted octanol–water partition coefficient (Wildman–Crippen LogP) is 4.51. The van der Waals surface area contributed by atoms with E-state index in [0.29, 0.717) is 42.4 Å². The molecule has 0 unspecified atom stereocenters. The third-order valence-electron chi connectivity index (χ3n) is 8.67. The Morgan fingerprint density at radius 2 is 1.75 bits per heavy atom. The summed E-state index contributed by atoms with van der Waals surface area (Å²) in [6, 6.07) is 10.4. The zero-order chi connectivity index (χ0) is 27.5. The Balaban J connectivity index is 1.20. The average Bonchev–Trinajstić information content (AvgIpc) is 3.57. The molecular weight excluding hydrogens is 520 g/mol. The van der Waals surface area contributed by atoms with Crippen LogP contribution in [0.1, 0.15) is 48.2 Å². The zero-order valence-electron chi connectivity index (χ0n) is 21.4. The molecule has 5 atom stereocenters. The normalized spacial score (nSPS) is 25.5. The van der Waals surface area contributed by atoms with Crippen LogP contribution in [0, 0.1) is 17.8 Å². The van der Waals surface area contributed by atoms with Crippen LogP contribution in [-0.2, 0) is 4.79 Å². The molecule has 0 amide bonds. The number of anilines is 1. The maximum Gasteiger partial charge on any atom is 0.387 e. The van der Waals surface area contributed by atoms with E-state index in [1.54, 1.807) is 30.6 Å². The van der Waals surface area contributed by atoms with Gasteiger partial charge in [-0.3, -0.25) is 4.79 Å². The number of carboxylic acid groups (broad SMARTS) is 1. The number of aliphatic carboxylic acids is 1. The highest BCUT2D eigenvalue weighted by Gasteiger charge is 2.46. The lowest BCUT2D eigenvalue weighted by Gasteiger charge is -2.35. The largest absolute Gasteiger partial charge is 0.481 e. The monoisotopic (exact) mass is 547 g/mol. The SMILES string of the molecule is O=C(O)[C@@H]1[C@@H]2CC[C@H]1CN(c1ncc(-c3ccc4nc5c(n4c3)[C@@H](c3ccccc3OC(F)F)C[C@H]5O)cn1)C2. The molecule has 3 aromatic heterocycles. The molecule has 11 heteroatoms. The average molecular weight is 548 g/mol. The molecule has 4 heterocycles. The van der Waals surface area contributed by atoms with Gasteiger partial charge >= 0.3 is 12.6 Å². The van der Waals surface area contributed by atoms with Gasteiger partial charge < -0.3 is 24.3 Å². The number of imidazole rings is 1. The highest BCUT2D eigenvalue weighted by Crippen LogP contribution is 2.47. The number of carbonyl (C=O) groups is 1. The third kappa shape index (κ3) is 4.07. The number of aliphatic hydroxyl groups excluding tert-OH is 1. The third-order valence-corrected chi connectivity index (χ3v) is 8.67. The van der Waals surface area contributed by atoms with Gasteiger partial charge in [-0.05, 0) is 49.3 Å². The van der Waals surface area contributed by atoms with Crippen LogP contribution in [0.15, 0.2) is 55.0 Å². The van der Waals surface area contributed by atoms with Crippen molar-refractivity contribution in [2.75, 3.05) is 18.0 Å². The van der Waals surface area contributed by atoms with Gasteiger partial charge in [0.1, 0.15) is 11.4 Å². The van der Waals surface area contributed by atoms with E-state index in [-0.39, 0.29) is 29.4 Å². The summed E-state index contributed by atoms with van der Waals surface area (Å²) in [5, 5.41) is 20.4. The van der Waals surface area contributed by atoms with Gasteiger partial charge in [0.05, 0.1) is 23.4 Å². The van der Waals surface area contributed by atoms with Crippen molar-refractivity contribution in [2.45, 2.75) is 37.9 Å². The van der Waals surface area contributed by atoms with Gasteiger partial charge in [0, 0.05) is 54.3 Å². The smallest absolute Gasteiger partial charge is 0.387 e. The summed E-state index contributed by atoms with van der Waals surface area (Å²) in [7, 11) is 0. The Bertz CT molecular complexity index is 1580. The predicted molar refractivity (Wildman–Crippen MR) is 140 cm³/mol. The molecular formula is C29H27F2N5O4. The van der Waals surface area contributed by atoms with Gasteiger partial charge in [-0.2, -0.15) is 8.78 Å². The second-order valence-corrected chi connectivity index (χ2v) is 10.9. The summed E-state index contributed by atoms with van der Waals surface area (Å²) >= 11 is 0. The lowest BCUT2D eigenvalue weighted by Crippen LogP contribution is -2.45. The summed E-state index contributed by atoms with van der Waals surface area (Å²) < 4.78 is 32.9. The van der Waals surface area contributed by atoms with Crippen LogP contribution in [0.25, 0.3) is 16.8 Å². The standard InChI is InChI=1S/C29H27F2N5O4/c30-28(31)40-22-4-2-1-3-19(22)20-9-21(37)25-26(20)36-14-15(7-8-23(36)34-25)18-10-32-29(33-11-18)35-12-16-5-6-17(13-35)24(16)27(38)39/h1-4,7-8,10-11,14,16-17,20-21,24,28,37H,5-6,9,12-13H2,(H,38,39)/t16-,17+,20-,21-,24-/m1/s1. The van der Waals surface area contributed by atoms with Crippen LogP contribution in [0.2, 0.25) is 0 Å². The van der Waals surface area contributed by atoms with Crippen LogP contribution in [0.3, 0.4) is 0 Å². The maximum atomic E-state index is 13.1. The van der Waals surface area contributed by atoms with E-state index in [1.807, 2.05) is 22.7 Å². The van der Waals surface area contributed by atoms with E-state index in [9.17, 15) is 23.8 Å². The number of piperidine rings is 1. The molecule has 7 rings (SSSR count). The minimum Gasteiger partial charge on any atom is -0.481 e. The molecule has 0 spiro atoms. The number of ether oxygens (including phenoxy) is 1. The van der Waals surface area contributed by atoms with E-state index in [0.717, 1.165) is 29.7 Å². The Morgan fingerprint density at radius 1 is 1.02 bits per heavy atom. The molecule has 0 radical (unpaired) electrons. The molecule has 206 valence electrons. The Labute approximate surface area is 228 Å². The van der Waals surface area contributed by atoms with Crippen LogP contribution >= 0.6 is 0 Å². The van der Waals surface area contributed by atoms with Crippen LogP contribution < -0.4 is 9.64 Å². The maximum absolute atomic E-state index is 13.1. The Morgan fingerprint density at radius 3 is 2.45 bits per heavy atom. The van der Waals surface area contributed by atoms with E-state index in [1.165, 1.54) is 6.07 Å². The van der Waals surface area contributed by atoms with E-state index in [4.69, 9.17) is 4.74 Å². The number of pyridine rings is 1. The number of hydrogen-bond acceptors (Lipinski definition) is 7. The molecule has 1 aromatic carbocycles. The molecule has 2 bridgehead atoms. The molecule has 2 aliphatic carbocycles. The van der Waals surface area contributed by atoms with Crippen molar-refractivity contribution in [3.63, 3.8) is 0 Å². The number of hydrogen-bond donors (Lipinski definition) is 2. The van der Waals surface area contributed by atoms with Gasteiger partial charge in [0.2, 0.25) is 5.95 Å². The first-order valence-electron chi connectivity index (χ1n) is 13.4. The van der Waals surface area contributed by atoms with Crippen molar-refractivity contribution >= 4 is 17.6 Å². The number of aromatic nitrogens is 4. The first-order chi connectivity index (χ1) is 19.4. The van der Waals surface area contributed by atoms with Crippen LogP contribution in [-0.4, -0.2) is 55.2 Å². The fourth-order valence-electron chi connectivity index (χ4n) is 6.96. The number of halogens is 2. The Hall–Kier alpha value is -4.12. The van der Waals surface area contributed by atoms with Gasteiger partial charge in [0.15, 0.2) is 0 Å². The summed E-state index contributed by atoms with van der Waals surface area (Å²) in [6.07, 6.45) is 6.73. The van der Waals surface area contributed by atoms with Crippen LogP contribution in [0.4, 0.5) is 14.7 Å². The number of carboxylic acids is 1. The van der Waals surface area contributed by atoms with Crippen molar-refractivity contribution < 1.29 is 28.5 Å². The van der Waals surface area contributed by atoms with E-state index < -0.39 is 18.7 Å². The molecule has 4 aromatic rings. The van der Waals surface area contributed by atoms with Gasteiger partial charge in [-0.15, -0.1) is 0 Å². The van der Waals surface area contributed by atoms with Gasteiger partial charge in [-0.25, -0.2) is 15.0 Å². The van der Waals surface area contributed by atoms with Crippen molar-refractivity contribution in [3.8, 4) is 16.9 Å². The molecule has 9 nitrogen and oxygen atoms in total. The molecule has 40 heavy (non-hydrogen) atoms. The van der Waals surface area contributed by atoms with Crippen LogP contribution in [0.5, 0.6) is 5.75 Å². The lowest BCUT2D eigenvalue weighted by molar-refractivity contribution is -0.144. The summed E-state index contributed by atoms with van der Waals surface area (Å²) in [5.41, 5.74) is 4.10. The summed E-state index contributed by atoms with van der Waals surface area (Å²) in [5.74, 6) is -0.464. The molecule has 2 N–H and O–H groups in total. The lowest BCUT2D eigenvalue weighted by atomic mass is 9.85. The number of rotatable bonds is 6. The molecule has 1 saturated carbocycles. The minimum absolute atomic E-state index is 0.0819. The zero-order valence-corrected chi connectivity index (χ0v) is 21.4. The number of nitrogens with zero attached hydrogens (tertiary/aromatic N) is 5. The minimum atomic E-state index is -2.96. The number of aliphatic hydroxyl groups is 1. The van der Waals surface area contributed by atoms with Crippen molar-refractivity contribution in [2.24, 2.45) is 17.8 Å². The summed E-state index contributed by atoms with van der Waals surface area (Å²) in [6.45, 7) is -1.68. The molecule has 2 fully saturated rings. The van der Waals surface area contributed by atoms with Gasteiger partial charge in [-0.1, -0.05) is 18.2 Å². The fourth-order valence-corrected chi connectivity index (χ4v) is 6.96. The van der Waals surface area contributed by atoms with Crippen molar-refractivity contribution in [1.29, 1.82) is 0 Å². The topological polar surface area (TPSA) is 113 Å². The number of para-hydroxylation sites is 1. The van der Waals surface area contributed by atoms with Gasteiger partial charge in [0.25, 0.3) is 0 Å². The van der Waals surface area contributed by atoms with Crippen molar-refractivity contribution in [1.82, 2.24) is 19.4 Å². The molecule has 1 aliphatic heterocycles. The van der Waals surface area contributed by atoms with E-state index in [2.05, 4.69) is 19.9 Å². The molecule has 1 saturated heterocycles. The first-order valence-corrected chi connectivity index (χ1v) is 13.4.